The molecule has 0 aromatic carbocycles. The number of likely N-dealkylation sites (tertiary alicyclic amines) is 1. The highest BCUT2D eigenvalue weighted by molar-refractivity contribution is 5.43. The van der Waals surface area contributed by atoms with Gasteiger partial charge >= 0.3 is 0 Å². The molecule has 3 heteroatoms. The summed E-state index contributed by atoms with van der Waals surface area (Å²) < 4.78 is 0. The van der Waals surface area contributed by atoms with Gasteiger partial charge in [-0.05, 0) is 37.4 Å². The summed E-state index contributed by atoms with van der Waals surface area (Å²) in [5.74, 6) is 2.54. The molecule has 0 amide bonds. The van der Waals surface area contributed by atoms with Crippen LogP contribution in [0.1, 0.15) is 31.9 Å². The van der Waals surface area contributed by atoms with Crippen LogP contribution in [-0.2, 0) is 0 Å². The van der Waals surface area contributed by atoms with E-state index in [4.69, 9.17) is 4.98 Å². The smallest absolute Gasteiger partial charge is 0.129 e. The highest BCUT2D eigenvalue weighted by Crippen LogP contribution is 2.33. The summed E-state index contributed by atoms with van der Waals surface area (Å²) in [6.07, 6.45) is 1.32. The third-order valence-corrected chi connectivity index (χ3v) is 4.37. The molecule has 3 rings (SSSR count). The zero-order chi connectivity index (χ0) is 12.7. The van der Waals surface area contributed by atoms with Gasteiger partial charge in [0.05, 0.1) is 0 Å². The standard InChI is InChI=1S/C15H23N3/c1-11(2)13-5-4-6-15(16-13)18-8-7-12-9-17(3)10-14(12)18/h4-6,11-12,14H,7-10H2,1-3H3/t12-,14+/m1/s1. The molecule has 0 unspecified atom stereocenters. The number of anilines is 1. The Morgan fingerprint density at radius 2 is 2.11 bits per heavy atom. The van der Waals surface area contributed by atoms with Crippen LogP contribution < -0.4 is 4.90 Å². The van der Waals surface area contributed by atoms with Crippen LogP contribution >= 0.6 is 0 Å². The molecule has 3 nitrogen and oxygen atoms in total. The van der Waals surface area contributed by atoms with Crippen molar-refractivity contribution < 1.29 is 0 Å². The fourth-order valence-electron chi connectivity index (χ4n) is 3.38. The Balaban J connectivity index is 1.84. The molecule has 18 heavy (non-hydrogen) atoms. The van der Waals surface area contributed by atoms with E-state index in [1.54, 1.807) is 0 Å². The lowest BCUT2D eigenvalue weighted by atomic mass is 10.1. The normalized spacial score (nSPS) is 28.1. The van der Waals surface area contributed by atoms with Crippen molar-refractivity contribution in [1.29, 1.82) is 0 Å². The molecule has 1 aromatic rings. The minimum absolute atomic E-state index is 0.509. The number of hydrogen-bond donors (Lipinski definition) is 0. The predicted molar refractivity (Wildman–Crippen MR) is 75.1 cm³/mol. The van der Waals surface area contributed by atoms with Crippen LogP contribution in [0.25, 0.3) is 0 Å². The number of pyridine rings is 1. The van der Waals surface area contributed by atoms with Gasteiger partial charge in [-0.25, -0.2) is 4.98 Å². The number of rotatable bonds is 2. The number of aromatic nitrogens is 1. The van der Waals surface area contributed by atoms with E-state index < -0.39 is 0 Å². The maximum Gasteiger partial charge on any atom is 0.129 e. The predicted octanol–water partition coefficient (Wildman–Crippen LogP) is 2.35. The number of fused-ring (bicyclic) bond motifs is 1. The Labute approximate surface area is 110 Å². The number of likely N-dealkylation sites (N-methyl/N-ethyl adjacent to an activating group) is 1. The van der Waals surface area contributed by atoms with E-state index in [9.17, 15) is 0 Å². The van der Waals surface area contributed by atoms with Crippen molar-refractivity contribution in [3.05, 3.63) is 23.9 Å². The van der Waals surface area contributed by atoms with Gasteiger partial charge in [-0.1, -0.05) is 19.9 Å². The van der Waals surface area contributed by atoms with Crippen molar-refractivity contribution in [2.45, 2.75) is 32.2 Å². The first kappa shape index (κ1) is 12.0. The number of hydrogen-bond acceptors (Lipinski definition) is 3. The number of nitrogens with zero attached hydrogens (tertiary/aromatic N) is 3. The summed E-state index contributed by atoms with van der Waals surface area (Å²) in [5, 5.41) is 0. The SMILES string of the molecule is CC(C)c1cccc(N2CC[C@@H]3CN(C)C[C@@H]32)n1. The molecular formula is C15H23N3. The minimum atomic E-state index is 0.509. The quantitative estimate of drug-likeness (QED) is 0.797. The molecule has 2 aliphatic heterocycles. The van der Waals surface area contributed by atoms with E-state index in [1.165, 1.54) is 37.6 Å². The van der Waals surface area contributed by atoms with E-state index in [0.29, 0.717) is 12.0 Å². The lowest BCUT2D eigenvalue weighted by Crippen LogP contribution is -2.35. The second-order valence-corrected chi connectivity index (χ2v) is 6.11. The molecule has 3 heterocycles. The van der Waals surface area contributed by atoms with Gasteiger partial charge in [0.2, 0.25) is 0 Å². The van der Waals surface area contributed by atoms with E-state index in [0.717, 1.165) is 5.92 Å². The van der Waals surface area contributed by atoms with Gasteiger partial charge in [0, 0.05) is 31.4 Å². The maximum absolute atomic E-state index is 4.85. The van der Waals surface area contributed by atoms with Gasteiger partial charge in [-0.2, -0.15) is 0 Å². The lowest BCUT2D eigenvalue weighted by molar-refractivity contribution is 0.386. The highest BCUT2D eigenvalue weighted by atomic mass is 15.3. The average molecular weight is 245 g/mol. The van der Waals surface area contributed by atoms with Gasteiger partial charge < -0.3 is 9.80 Å². The highest BCUT2D eigenvalue weighted by Gasteiger charge is 2.40. The maximum atomic E-state index is 4.85. The van der Waals surface area contributed by atoms with Crippen molar-refractivity contribution in [3.63, 3.8) is 0 Å². The Morgan fingerprint density at radius 1 is 1.28 bits per heavy atom. The summed E-state index contributed by atoms with van der Waals surface area (Å²) >= 11 is 0. The monoisotopic (exact) mass is 245 g/mol. The van der Waals surface area contributed by atoms with E-state index in [-0.39, 0.29) is 0 Å². The van der Waals surface area contributed by atoms with Crippen LogP contribution in [-0.4, -0.2) is 42.6 Å². The third kappa shape index (κ3) is 2.01. The molecule has 98 valence electrons. The Hall–Kier alpha value is -1.09. The summed E-state index contributed by atoms with van der Waals surface area (Å²) in [5.41, 5.74) is 1.21. The average Bonchev–Trinajstić information content (AvgIpc) is 2.87. The van der Waals surface area contributed by atoms with E-state index >= 15 is 0 Å². The van der Waals surface area contributed by atoms with Crippen molar-refractivity contribution in [2.24, 2.45) is 5.92 Å². The second-order valence-electron chi connectivity index (χ2n) is 6.11. The Morgan fingerprint density at radius 3 is 2.89 bits per heavy atom. The molecule has 0 saturated carbocycles. The topological polar surface area (TPSA) is 19.4 Å². The first-order valence-electron chi connectivity index (χ1n) is 7.07. The third-order valence-electron chi connectivity index (χ3n) is 4.37. The fourth-order valence-corrected chi connectivity index (χ4v) is 3.38. The van der Waals surface area contributed by atoms with E-state index in [2.05, 4.69) is 48.9 Å². The Kier molecular flexibility index (Phi) is 3.02. The zero-order valence-electron chi connectivity index (χ0n) is 11.6. The van der Waals surface area contributed by atoms with Gasteiger partial charge in [0.15, 0.2) is 0 Å². The molecule has 0 radical (unpaired) electrons. The molecule has 2 atom stereocenters. The molecule has 2 saturated heterocycles. The van der Waals surface area contributed by atoms with Crippen molar-refractivity contribution in [1.82, 2.24) is 9.88 Å². The van der Waals surface area contributed by atoms with Crippen LogP contribution in [0.2, 0.25) is 0 Å². The molecular weight excluding hydrogens is 222 g/mol. The molecule has 0 aliphatic carbocycles. The molecule has 2 aliphatic rings. The first-order valence-corrected chi connectivity index (χ1v) is 7.07. The van der Waals surface area contributed by atoms with Crippen LogP contribution in [0.5, 0.6) is 0 Å². The second kappa shape index (κ2) is 4.54. The molecule has 0 spiro atoms. The van der Waals surface area contributed by atoms with Gasteiger partial charge in [0.25, 0.3) is 0 Å². The Bertz CT molecular complexity index is 430. The van der Waals surface area contributed by atoms with Crippen LogP contribution in [0.15, 0.2) is 18.2 Å². The largest absolute Gasteiger partial charge is 0.352 e. The van der Waals surface area contributed by atoms with Gasteiger partial charge in [-0.15, -0.1) is 0 Å². The van der Waals surface area contributed by atoms with Gasteiger partial charge in [0.1, 0.15) is 5.82 Å². The lowest BCUT2D eigenvalue weighted by Gasteiger charge is -2.26. The van der Waals surface area contributed by atoms with Crippen LogP contribution in [0.3, 0.4) is 0 Å². The summed E-state index contributed by atoms with van der Waals surface area (Å²) in [6.45, 7) is 8.05. The summed E-state index contributed by atoms with van der Waals surface area (Å²) in [7, 11) is 2.23. The summed E-state index contributed by atoms with van der Waals surface area (Å²) in [6, 6.07) is 7.16. The van der Waals surface area contributed by atoms with Crippen molar-refractivity contribution in [2.75, 3.05) is 31.6 Å². The van der Waals surface area contributed by atoms with Crippen molar-refractivity contribution in [3.8, 4) is 0 Å². The van der Waals surface area contributed by atoms with Gasteiger partial charge in [-0.3, -0.25) is 0 Å². The van der Waals surface area contributed by atoms with Crippen molar-refractivity contribution >= 4 is 5.82 Å². The fraction of sp³-hybridized carbons (Fsp3) is 0.667. The minimum Gasteiger partial charge on any atom is -0.352 e. The molecule has 2 fully saturated rings. The molecule has 1 aromatic heterocycles. The van der Waals surface area contributed by atoms with Crippen LogP contribution in [0.4, 0.5) is 5.82 Å². The van der Waals surface area contributed by atoms with Crippen LogP contribution in [0, 0.1) is 5.92 Å². The van der Waals surface area contributed by atoms with E-state index in [1.807, 2.05) is 0 Å². The zero-order valence-corrected chi connectivity index (χ0v) is 11.6. The molecule has 0 bridgehead atoms. The first-order chi connectivity index (χ1) is 8.65. The molecule has 0 N–H and O–H groups in total. The summed E-state index contributed by atoms with van der Waals surface area (Å²) in [4.78, 5) is 9.83.